The minimum absolute atomic E-state index is 0.204. The molecule has 0 aromatic heterocycles. The van der Waals surface area contributed by atoms with Gasteiger partial charge in [0.15, 0.2) is 11.5 Å². The van der Waals surface area contributed by atoms with Crippen molar-refractivity contribution in [2.75, 3.05) is 20.8 Å². The Balaban J connectivity index is 1.54. The average molecular weight is 462 g/mol. The van der Waals surface area contributed by atoms with Crippen LogP contribution in [0.4, 0.5) is 0 Å². The average Bonchev–Trinajstić information content (AvgIpc) is 2.78. The Hall–Kier alpha value is -2.74. The summed E-state index contributed by atoms with van der Waals surface area (Å²) in [5.74, 6) is 1.93. The zero-order valence-electron chi connectivity index (χ0n) is 17.3. The number of methoxy groups -OCH3 is 2. The molecular formula is C23H24ClNO5S. The van der Waals surface area contributed by atoms with Crippen LogP contribution in [0, 0.1) is 0 Å². The van der Waals surface area contributed by atoms with E-state index in [1.807, 2.05) is 12.1 Å². The number of sulfonamides is 1. The maximum absolute atomic E-state index is 12.6. The lowest BCUT2D eigenvalue weighted by Gasteiger charge is -2.11. The van der Waals surface area contributed by atoms with Crippen LogP contribution in [0.3, 0.4) is 0 Å². The summed E-state index contributed by atoms with van der Waals surface area (Å²) < 4.78 is 43.9. The Morgan fingerprint density at radius 1 is 0.839 bits per heavy atom. The van der Waals surface area contributed by atoms with Gasteiger partial charge in [-0.1, -0.05) is 29.8 Å². The van der Waals surface area contributed by atoms with Crippen molar-refractivity contribution < 1.29 is 22.6 Å². The normalized spacial score (nSPS) is 11.2. The van der Waals surface area contributed by atoms with E-state index in [2.05, 4.69) is 4.72 Å². The zero-order chi connectivity index (χ0) is 22.3. The lowest BCUT2D eigenvalue weighted by Crippen LogP contribution is -2.26. The first kappa shape index (κ1) is 22.9. The molecule has 0 atom stereocenters. The number of rotatable bonds is 10. The van der Waals surface area contributed by atoms with Crippen LogP contribution in [-0.4, -0.2) is 29.2 Å². The van der Waals surface area contributed by atoms with Crippen molar-refractivity contribution in [3.05, 3.63) is 82.9 Å². The highest BCUT2D eigenvalue weighted by Crippen LogP contribution is 2.27. The SMILES string of the molecule is COc1ccc(CCNS(=O)(=O)c2ccc(COc3ccc(Cl)cc3)cc2)cc1OC. The molecule has 0 spiro atoms. The van der Waals surface area contributed by atoms with Gasteiger partial charge in [-0.05, 0) is 66.1 Å². The van der Waals surface area contributed by atoms with E-state index >= 15 is 0 Å². The molecule has 3 rings (SSSR count). The first-order chi connectivity index (χ1) is 14.9. The van der Waals surface area contributed by atoms with Gasteiger partial charge in [0.05, 0.1) is 19.1 Å². The van der Waals surface area contributed by atoms with Crippen LogP contribution < -0.4 is 18.9 Å². The molecule has 0 fully saturated rings. The fraction of sp³-hybridized carbons (Fsp3) is 0.217. The van der Waals surface area contributed by atoms with Gasteiger partial charge in [0.25, 0.3) is 0 Å². The summed E-state index contributed by atoms with van der Waals surface area (Å²) in [7, 11) is -0.475. The fourth-order valence-electron chi connectivity index (χ4n) is 2.91. The number of benzene rings is 3. The van der Waals surface area contributed by atoms with Gasteiger partial charge in [-0.15, -0.1) is 0 Å². The Kier molecular flexibility index (Phi) is 7.79. The van der Waals surface area contributed by atoms with Gasteiger partial charge in [-0.2, -0.15) is 0 Å². The summed E-state index contributed by atoms with van der Waals surface area (Å²) in [6.07, 6.45) is 0.520. The highest BCUT2D eigenvalue weighted by Gasteiger charge is 2.14. The molecule has 0 aliphatic carbocycles. The molecule has 6 nitrogen and oxygen atoms in total. The molecule has 8 heteroatoms. The van der Waals surface area contributed by atoms with Crippen molar-refractivity contribution in [3.63, 3.8) is 0 Å². The monoisotopic (exact) mass is 461 g/mol. The van der Waals surface area contributed by atoms with E-state index in [-0.39, 0.29) is 11.4 Å². The predicted octanol–water partition coefficient (Wildman–Crippen LogP) is 4.46. The van der Waals surface area contributed by atoms with Crippen LogP contribution in [0.15, 0.2) is 71.6 Å². The molecule has 0 saturated carbocycles. The molecule has 0 aliphatic heterocycles. The second-order valence-corrected chi connectivity index (χ2v) is 8.93. The smallest absolute Gasteiger partial charge is 0.240 e. The molecule has 0 bridgehead atoms. The predicted molar refractivity (Wildman–Crippen MR) is 121 cm³/mol. The number of hydrogen-bond donors (Lipinski definition) is 1. The molecule has 0 heterocycles. The maximum atomic E-state index is 12.6. The quantitative estimate of drug-likeness (QED) is 0.482. The highest BCUT2D eigenvalue weighted by atomic mass is 35.5. The van der Waals surface area contributed by atoms with Crippen molar-refractivity contribution in [3.8, 4) is 17.2 Å². The van der Waals surface area contributed by atoms with Crippen molar-refractivity contribution >= 4 is 21.6 Å². The van der Waals surface area contributed by atoms with E-state index in [1.165, 1.54) is 0 Å². The second kappa shape index (κ2) is 10.5. The topological polar surface area (TPSA) is 73.9 Å². The summed E-state index contributed by atoms with van der Waals surface area (Å²) in [5, 5.41) is 0.639. The Morgan fingerprint density at radius 2 is 1.48 bits per heavy atom. The highest BCUT2D eigenvalue weighted by molar-refractivity contribution is 7.89. The zero-order valence-corrected chi connectivity index (χ0v) is 18.9. The van der Waals surface area contributed by atoms with Crippen LogP contribution in [0.2, 0.25) is 5.02 Å². The number of nitrogens with one attached hydrogen (secondary N) is 1. The molecule has 0 saturated heterocycles. The molecule has 0 radical (unpaired) electrons. The standard InChI is InChI=1S/C23H24ClNO5S/c1-28-22-12-5-17(15-23(22)29-2)13-14-25-31(26,27)21-10-3-18(4-11-21)16-30-20-8-6-19(24)7-9-20/h3-12,15,25H,13-14,16H2,1-2H3. The molecule has 0 amide bonds. The van der Waals surface area contributed by atoms with Crippen LogP contribution in [-0.2, 0) is 23.1 Å². The van der Waals surface area contributed by atoms with Crippen LogP contribution in [0.5, 0.6) is 17.2 Å². The largest absolute Gasteiger partial charge is 0.493 e. The molecule has 0 unspecified atom stereocenters. The molecule has 1 N–H and O–H groups in total. The number of halogens is 1. The lowest BCUT2D eigenvalue weighted by atomic mass is 10.1. The minimum atomic E-state index is -3.61. The molecule has 31 heavy (non-hydrogen) atoms. The third kappa shape index (κ3) is 6.37. The van der Waals surface area contributed by atoms with Crippen molar-refractivity contribution in [1.29, 1.82) is 0 Å². The Labute approximate surface area is 187 Å². The van der Waals surface area contributed by atoms with Gasteiger partial charge in [-0.3, -0.25) is 0 Å². The van der Waals surface area contributed by atoms with Gasteiger partial charge >= 0.3 is 0 Å². The second-order valence-electron chi connectivity index (χ2n) is 6.72. The van der Waals surface area contributed by atoms with E-state index in [0.29, 0.717) is 35.3 Å². The van der Waals surface area contributed by atoms with Crippen LogP contribution in [0.1, 0.15) is 11.1 Å². The maximum Gasteiger partial charge on any atom is 0.240 e. The third-order valence-electron chi connectivity index (χ3n) is 4.61. The first-order valence-corrected chi connectivity index (χ1v) is 11.5. The number of ether oxygens (including phenoxy) is 3. The van der Waals surface area contributed by atoms with E-state index in [0.717, 1.165) is 11.1 Å². The van der Waals surface area contributed by atoms with Crippen LogP contribution in [0.25, 0.3) is 0 Å². The van der Waals surface area contributed by atoms with E-state index in [1.54, 1.807) is 68.8 Å². The van der Waals surface area contributed by atoms with Gasteiger partial charge in [0, 0.05) is 11.6 Å². The molecule has 0 aliphatic rings. The third-order valence-corrected chi connectivity index (χ3v) is 6.34. The Morgan fingerprint density at radius 3 is 2.13 bits per heavy atom. The molecule has 164 valence electrons. The summed E-state index contributed by atoms with van der Waals surface area (Å²) in [4.78, 5) is 0.204. The van der Waals surface area contributed by atoms with Gasteiger partial charge in [-0.25, -0.2) is 13.1 Å². The Bertz CT molecular complexity index is 1100. The van der Waals surface area contributed by atoms with Gasteiger partial charge in [0.1, 0.15) is 12.4 Å². The van der Waals surface area contributed by atoms with Crippen molar-refractivity contribution in [2.45, 2.75) is 17.9 Å². The minimum Gasteiger partial charge on any atom is -0.493 e. The van der Waals surface area contributed by atoms with E-state index in [9.17, 15) is 8.42 Å². The molecular weight excluding hydrogens is 438 g/mol. The molecule has 3 aromatic rings. The van der Waals surface area contributed by atoms with E-state index in [4.69, 9.17) is 25.8 Å². The molecule has 3 aromatic carbocycles. The summed E-state index contributed by atoms with van der Waals surface area (Å²) in [6.45, 7) is 0.591. The fourth-order valence-corrected chi connectivity index (χ4v) is 4.07. The van der Waals surface area contributed by atoms with Gasteiger partial charge < -0.3 is 14.2 Å². The van der Waals surface area contributed by atoms with Crippen molar-refractivity contribution in [1.82, 2.24) is 4.72 Å². The number of hydrogen-bond acceptors (Lipinski definition) is 5. The summed E-state index contributed by atoms with van der Waals surface area (Å²) >= 11 is 5.86. The van der Waals surface area contributed by atoms with Gasteiger partial charge in [0.2, 0.25) is 10.0 Å². The van der Waals surface area contributed by atoms with E-state index < -0.39 is 10.0 Å². The summed E-state index contributed by atoms with van der Waals surface area (Å²) in [5.41, 5.74) is 1.80. The van der Waals surface area contributed by atoms with Crippen molar-refractivity contribution in [2.24, 2.45) is 0 Å². The van der Waals surface area contributed by atoms with Crippen LogP contribution >= 0.6 is 11.6 Å². The summed E-state index contributed by atoms with van der Waals surface area (Å²) in [6, 6.07) is 19.2. The first-order valence-electron chi connectivity index (χ1n) is 9.59. The lowest BCUT2D eigenvalue weighted by molar-refractivity contribution is 0.306.